The summed E-state index contributed by atoms with van der Waals surface area (Å²) in [6.45, 7) is 5.16. The van der Waals surface area contributed by atoms with Crippen LogP contribution in [0.1, 0.15) is 43.9 Å². The highest BCUT2D eigenvalue weighted by molar-refractivity contribution is 5.55. The largest absolute Gasteiger partial charge is 0.496 e. The molecule has 0 aromatic carbocycles. The molecule has 3 rings (SSSR count). The Balaban J connectivity index is 1.50. The molecule has 1 fully saturated rings. The molecule has 0 amide bonds. The zero-order valence-corrected chi connectivity index (χ0v) is 14.4. The van der Waals surface area contributed by atoms with Gasteiger partial charge in [-0.2, -0.15) is 0 Å². The molecule has 128 valence electrons. The van der Waals surface area contributed by atoms with Crippen LogP contribution in [0.25, 0.3) is 0 Å². The van der Waals surface area contributed by atoms with Crippen molar-refractivity contribution in [1.29, 1.82) is 0 Å². The summed E-state index contributed by atoms with van der Waals surface area (Å²) in [5.74, 6) is 2.00. The van der Waals surface area contributed by atoms with E-state index >= 15 is 0 Å². The van der Waals surface area contributed by atoms with Crippen molar-refractivity contribution in [3.8, 4) is 5.75 Å². The average molecular weight is 319 g/mol. The van der Waals surface area contributed by atoms with E-state index in [1.54, 1.807) is 7.11 Å². The topological polar surface area (TPSA) is 55.4 Å². The molecule has 1 saturated heterocycles. The van der Waals surface area contributed by atoms with Gasteiger partial charge in [-0.3, -0.25) is 0 Å². The van der Waals surface area contributed by atoms with Crippen molar-refractivity contribution in [2.45, 2.75) is 57.6 Å². The Bertz CT molecular complexity index is 515. The highest BCUT2D eigenvalue weighted by atomic mass is 16.5. The molecule has 2 atom stereocenters. The van der Waals surface area contributed by atoms with E-state index in [9.17, 15) is 0 Å². The van der Waals surface area contributed by atoms with Crippen LogP contribution in [0.2, 0.25) is 0 Å². The molecule has 1 aromatic rings. The fraction of sp³-hybridized carbons (Fsp3) is 0.722. The van der Waals surface area contributed by atoms with E-state index in [1.165, 1.54) is 5.56 Å². The summed E-state index contributed by atoms with van der Waals surface area (Å²) in [6, 6.07) is 2.60. The van der Waals surface area contributed by atoms with Crippen molar-refractivity contribution < 1.29 is 9.47 Å². The summed E-state index contributed by atoms with van der Waals surface area (Å²) in [5.41, 5.74) is 2.34. The molecule has 3 heterocycles. The maximum Gasteiger partial charge on any atom is 0.133 e. The lowest BCUT2D eigenvalue weighted by atomic mass is 10.00. The lowest BCUT2D eigenvalue weighted by Crippen LogP contribution is -2.23. The van der Waals surface area contributed by atoms with Crippen molar-refractivity contribution >= 4 is 5.82 Å². The van der Waals surface area contributed by atoms with E-state index in [0.717, 1.165) is 75.5 Å². The Morgan fingerprint density at radius 3 is 3.00 bits per heavy atom. The van der Waals surface area contributed by atoms with Gasteiger partial charge in [-0.15, -0.1) is 0 Å². The number of hydrogen-bond acceptors (Lipinski definition) is 5. The summed E-state index contributed by atoms with van der Waals surface area (Å²) in [4.78, 5) is 4.81. The summed E-state index contributed by atoms with van der Waals surface area (Å²) >= 11 is 0. The van der Waals surface area contributed by atoms with Gasteiger partial charge in [0.25, 0.3) is 0 Å². The number of fused-ring (bicyclic) bond motifs is 1. The smallest absolute Gasteiger partial charge is 0.133 e. The summed E-state index contributed by atoms with van der Waals surface area (Å²) in [6.07, 6.45) is 6.91. The van der Waals surface area contributed by atoms with Crippen LogP contribution in [0.5, 0.6) is 5.75 Å². The first-order valence-electron chi connectivity index (χ1n) is 8.92. The second-order valence-electron chi connectivity index (χ2n) is 6.67. The molecular formula is C18H29N3O2. The Morgan fingerprint density at radius 2 is 2.22 bits per heavy atom. The zero-order valence-electron chi connectivity index (χ0n) is 14.4. The van der Waals surface area contributed by atoms with Gasteiger partial charge >= 0.3 is 0 Å². The van der Waals surface area contributed by atoms with Gasteiger partial charge in [-0.25, -0.2) is 4.98 Å². The monoisotopic (exact) mass is 319 g/mol. The van der Waals surface area contributed by atoms with Gasteiger partial charge in [0.05, 0.1) is 13.2 Å². The predicted molar refractivity (Wildman–Crippen MR) is 92.4 cm³/mol. The van der Waals surface area contributed by atoms with Gasteiger partial charge in [0.2, 0.25) is 0 Å². The SMILES string of the molecule is COc1cc(CCCCOC2CCNC2)nc2c1CCC(C)N2. The third-order valence-corrected chi connectivity index (χ3v) is 4.76. The van der Waals surface area contributed by atoms with E-state index in [2.05, 4.69) is 23.6 Å². The van der Waals surface area contributed by atoms with E-state index in [0.29, 0.717) is 12.1 Å². The molecule has 2 aliphatic heterocycles. The molecule has 23 heavy (non-hydrogen) atoms. The number of pyridine rings is 1. The van der Waals surface area contributed by atoms with Crippen LogP contribution in [0.3, 0.4) is 0 Å². The van der Waals surface area contributed by atoms with Crippen LogP contribution in [-0.4, -0.2) is 43.9 Å². The molecule has 0 bridgehead atoms. The number of nitrogens with zero attached hydrogens (tertiary/aromatic N) is 1. The molecule has 2 unspecified atom stereocenters. The van der Waals surface area contributed by atoms with Crippen LogP contribution < -0.4 is 15.4 Å². The zero-order chi connectivity index (χ0) is 16.1. The molecule has 2 aliphatic rings. The van der Waals surface area contributed by atoms with Crippen LogP contribution in [0, 0.1) is 0 Å². The van der Waals surface area contributed by atoms with Crippen LogP contribution in [-0.2, 0) is 17.6 Å². The minimum Gasteiger partial charge on any atom is -0.496 e. The van der Waals surface area contributed by atoms with E-state index in [1.807, 2.05) is 0 Å². The Labute approximate surface area is 139 Å². The van der Waals surface area contributed by atoms with E-state index in [4.69, 9.17) is 14.5 Å². The second-order valence-corrected chi connectivity index (χ2v) is 6.67. The lowest BCUT2D eigenvalue weighted by Gasteiger charge is -2.25. The van der Waals surface area contributed by atoms with E-state index < -0.39 is 0 Å². The molecule has 0 spiro atoms. The van der Waals surface area contributed by atoms with Crippen molar-refractivity contribution in [1.82, 2.24) is 10.3 Å². The number of anilines is 1. The standard InChI is InChI=1S/C18H29N3O2/c1-13-6-7-16-17(22-2)11-14(21-18(16)20-13)5-3-4-10-23-15-8-9-19-12-15/h11,13,15,19H,3-10,12H2,1-2H3,(H,20,21). The van der Waals surface area contributed by atoms with Gasteiger partial charge in [-0.1, -0.05) is 0 Å². The molecule has 5 nitrogen and oxygen atoms in total. The number of rotatable bonds is 7. The van der Waals surface area contributed by atoms with Gasteiger partial charge in [-0.05, 0) is 52.0 Å². The first-order chi connectivity index (χ1) is 11.3. The molecule has 0 radical (unpaired) electrons. The highest BCUT2D eigenvalue weighted by Crippen LogP contribution is 2.32. The maximum absolute atomic E-state index is 5.87. The molecule has 0 aliphatic carbocycles. The number of nitrogens with one attached hydrogen (secondary N) is 2. The summed E-state index contributed by atoms with van der Waals surface area (Å²) in [5, 5.41) is 6.82. The molecule has 1 aromatic heterocycles. The average Bonchev–Trinajstić information content (AvgIpc) is 3.06. The first-order valence-corrected chi connectivity index (χ1v) is 8.92. The number of unbranched alkanes of at least 4 members (excludes halogenated alkanes) is 1. The number of methoxy groups -OCH3 is 1. The van der Waals surface area contributed by atoms with Gasteiger partial charge in [0.1, 0.15) is 11.6 Å². The Hall–Kier alpha value is -1.33. The first kappa shape index (κ1) is 16.5. The third-order valence-electron chi connectivity index (χ3n) is 4.76. The number of ether oxygens (including phenoxy) is 2. The van der Waals surface area contributed by atoms with Crippen molar-refractivity contribution in [2.75, 3.05) is 32.1 Å². The van der Waals surface area contributed by atoms with Gasteiger partial charge in [0.15, 0.2) is 0 Å². The fourth-order valence-electron chi connectivity index (χ4n) is 3.36. The molecule has 0 saturated carbocycles. The molecular weight excluding hydrogens is 290 g/mol. The minimum absolute atomic E-state index is 0.419. The normalized spacial score (nSPS) is 23.4. The van der Waals surface area contributed by atoms with E-state index in [-0.39, 0.29) is 0 Å². The quantitative estimate of drug-likeness (QED) is 0.757. The summed E-state index contributed by atoms with van der Waals surface area (Å²) < 4.78 is 11.4. The van der Waals surface area contributed by atoms with Crippen molar-refractivity contribution in [3.05, 3.63) is 17.3 Å². The van der Waals surface area contributed by atoms with Crippen molar-refractivity contribution in [2.24, 2.45) is 0 Å². The Kier molecular flexibility index (Phi) is 5.73. The lowest BCUT2D eigenvalue weighted by molar-refractivity contribution is 0.0645. The highest BCUT2D eigenvalue weighted by Gasteiger charge is 2.20. The summed E-state index contributed by atoms with van der Waals surface area (Å²) in [7, 11) is 1.75. The van der Waals surface area contributed by atoms with Gasteiger partial charge < -0.3 is 20.1 Å². The molecule has 5 heteroatoms. The third kappa shape index (κ3) is 4.36. The Morgan fingerprint density at radius 1 is 1.30 bits per heavy atom. The number of hydrogen-bond donors (Lipinski definition) is 2. The predicted octanol–water partition coefficient (Wildman–Crippen LogP) is 2.54. The maximum atomic E-state index is 5.87. The molecule has 2 N–H and O–H groups in total. The van der Waals surface area contributed by atoms with Crippen LogP contribution >= 0.6 is 0 Å². The van der Waals surface area contributed by atoms with Crippen LogP contribution in [0.15, 0.2) is 6.07 Å². The minimum atomic E-state index is 0.419. The van der Waals surface area contributed by atoms with Crippen LogP contribution in [0.4, 0.5) is 5.82 Å². The second kappa shape index (κ2) is 7.97. The fourth-order valence-corrected chi connectivity index (χ4v) is 3.36. The van der Waals surface area contributed by atoms with Crippen molar-refractivity contribution in [3.63, 3.8) is 0 Å². The number of aryl methyl sites for hydroxylation is 1. The number of aromatic nitrogens is 1. The van der Waals surface area contributed by atoms with Gasteiger partial charge in [0, 0.05) is 36.5 Å².